The molecule has 0 fully saturated rings. The summed E-state index contributed by atoms with van der Waals surface area (Å²) in [5.41, 5.74) is 7.15. The quantitative estimate of drug-likeness (QED) is 0.687. The van der Waals surface area contributed by atoms with Crippen LogP contribution in [0.15, 0.2) is 36.5 Å². The van der Waals surface area contributed by atoms with E-state index in [0.717, 1.165) is 10.1 Å². The van der Waals surface area contributed by atoms with E-state index in [2.05, 4.69) is 16.1 Å². The van der Waals surface area contributed by atoms with Gasteiger partial charge in [-0.3, -0.25) is 0 Å². The van der Waals surface area contributed by atoms with Crippen LogP contribution in [0.25, 0.3) is 22.2 Å². The van der Waals surface area contributed by atoms with Gasteiger partial charge in [0.1, 0.15) is 5.69 Å². The van der Waals surface area contributed by atoms with Gasteiger partial charge in [-0.15, -0.1) is 0 Å². The zero-order valence-electron chi connectivity index (χ0n) is 9.74. The number of nitrogens with two attached hydrogens (primary N) is 1. The molecule has 6 nitrogen and oxygen atoms in total. The van der Waals surface area contributed by atoms with Crippen molar-refractivity contribution in [3.63, 3.8) is 0 Å². The Kier molecular flexibility index (Phi) is 2.42. The maximum atomic E-state index is 11.4. The number of amides is 1. The summed E-state index contributed by atoms with van der Waals surface area (Å²) < 4.78 is 1.13. The normalized spacial score (nSPS) is 10.7. The highest BCUT2D eigenvalue weighted by molar-refractivity contribution is 5.98. The van der Waals surface area contributed by atoms with Crippen molar-refractivity contribution in [3.05, 3.63) is 42.6 Å². The van der Waals surface area contributed by atoms with E-state index in [-0.39, 0.29) is 5.88 Å². The van der Waals surface area contributed by atoms with E-state index in [1.54, 1.807) is 24.3 Å². The topological polar surface area (TPSA) is 94.0 Å². The maximum absolute atomic E-state index is 11.4. The Morgan fingerprint density at radius 2 is 2.21 bits per heavy atom. The summed E-state index contributed by atoms with van der Waals surface area (Å²) in [6.07, 6.45) is 1.48. The molecular formula is C13H9N4O2. The number of aromatic hydroxyl groups is 1. The average molecular weight is 253 g/mol. The Bertz CT molecular complexity index is 762. The maximum Gasteiger partial charge on any atom is 0.340 e. The molecule has 1 aromatic carbocycles. The van der Waals surface area contributed by atoms with Crippen LogP contribution >= 0.6 is 0 Å². The molecule has 93 valence electrons. The number of rotatable bonds is 1. The molecule has 3 N–H and O–H groups in total. The predicted molar refractivity (Wildman–Crippen MR) is 68.4 cm³/mol. The van der Waals surface area contributed by atoms with Gasteiger partial charge < -0.3 is 10.8 Å². The molecule has 2 heterocycles. The van der Waals surface area contributed by atoms with Gasteiger partial charge in [0.15, 0.2) is 0 Å². The van der Waals surface area contributed by atoms with Crippen molar-refractivity contribution >= 4 is 16.9 Å². The SMILES string of the molecule is NC(=O)n1nc(-c2ccc(O)nc2)c2c[c]ccc21. The summed E-state index contributed by atoms with van der Waals surface area (Å²) in [7, 11) is 0. The highest BCUT2D eigenvalue weighted by Crippen LogP contribution is 2.27. The molecule has 3 aromatic rings. The summed E-state index contributed by atoms with van der Waals surface area (Å²) in [6, 6.07) is 10.5. The van der Waals surface area contributed by atoms with Crippen LogP contribution in [0.4, 0.5) is 4.79 Å². The molecule has 0 saturated heterocycles. The molecule has 3 rings (SSSR count). The van der Waals surface area contributed by atoms with Crippen molar-refractivity contribution in [2.75, 3.05) is 0 Å². The molecule has 0 aliphatic heterocycles. The minimum absolute atomic E-state index is 0.0750. The molecule has 0 aliphatic rings. The minimum atomic E-state index is -0.658. The van der Waals surface area contributed by atoms with Crippen molar-refractivity contribution < 1.29 is 9.90 Å². The predicted octanol–water partition coefficient (Wildman–Crippen LogP) is 1.53. The molecule has 6 heteroatoms. The number of nitrogens with zero attached hydrogens (tertiary/aromatic N) is 3. The molecule has 19 heavy (non-hydrogen) atoms. The number of carbonyl (C=O) groups is 1. The fraction of sp³-hybridized carbons (Fsp3) is 0. The van der Waals surface area contributed by atoms with Gasteiger partial charge in [-0.1, -0.05) is 6.07 Å². The van der Waals surface area contributed by atoms with Crippen LogP contribution < -0.4 is 5.73 Å². The lowest BCUT2D eigenvalue weighted by atomic mass is 10.1. The molecule has 0 bridgehead atoms. The summed E-state index contributed by atoms with van der Waals surface area (Å²) in [4.78, 5) is 15.2. The smallest absolute Gasteiger partial charge is 0.340 e. The first-order valence-electron chi connectivity index (χ1n) is 5.51. The second-order valence-electron chi connectivity index (χ2n) is 3.95. The highest BCUT2D eigenvalue weighted by atomic mass is 16.3. The molecule has 0 atom stereocenters. The van der Waals surface area contributed by atoms with Gasteiger partial charge in [-0.25, -0.2) is 9.78 Å². The third-order valence-electron chi connectivity index (χ3n) is 2.75. The second-order valence-corrected chi connectivity index (χ2v) is 3.95. The second kappa shape index (κ2) is 4.09. The zero-order valence-corrected chi connectivity index (χ0v) is 9.74. The zero-order chi connectivity index (χ0) is 13.4. The molecule has 1 radical (unpaired) electrons. The molecule has 2 aromatic heterocycles. The number of hydrogen-bond donors (Lipinski definition) is 2. The monoisotopic (exact) mass is 253 g/mol. The first-order valence-corrected chi connectivity index (χ1v) is 5.51. The standard InChI is InChI=1S/C13H9N4O2/c14-13(19)17-10-4-2-1-3-9(10)12(16-17)8-5-6-11(18)15-7-8/h2-7H,(H2,14,19)(H,15,18). The molecule has 0 aliphatic carbocycles. The van der Waals surface area contributed by atoms with Gasteiger partial charge in [0.05, 0.1) is 5.52 Å². The Hall–Kier alpha value is -2.89. The fourth-order valence-electron chi connectivity index (χ4n) is 1.91. The summed E-state index contributed by atoms with van der Waals surface area (Å²) in [5.74, 6) is -0.0750. The summed E-state index contributed by atoms with van der Waals surface area (Å²) in [6.45, 7) is 0. The van der Waals surface area contributed by atoms with Crippen molar-refractivity contribution in [3.8, 4) is 17.1 Å². The van der Waals surface area contributed by atoms with E-state index in [1.807, 2.05) is 0 Å². The Morgan fingerprint density at radius 3 is 2.89 bits per heavy atom. The first kappa shape index (κ1) is 11.2. The van der Waals surface area contributed by atoms with E-state index in [1.165, 1.54) is 12.3 Å². The highest BCUT2D eigenvalue weighted by Gasteiger charge is 2.14. The largest absolute Gasteiger partial charge is 0.493 e. The number of aromatic nitrogens is 3. The van der Waals surface area contributed by atoms with Crippen LogP contribution in [0.5, 0.6) is 5.88 Å². The minimum Gasteiger partial charge on any atom is -0.493 e. The lowest BCUT2D eigenvalue weighted by Gasteiger charge is -1.97. The number of pyridine rings is 1. The molecule has 0 saturated carbocycles. The van der Waals surface area contributed by atoms with E-state index < -0.39 is 6.03 Å². The average Bonchev–Trinajstić information content (AvgIpc) is 2.79. The lowest BCUT2D eigenvalue weighted by molar-refractivity contribution is 0.248. The van der Waals surface area contributed by atoms with Gasteiger partial charge in [0.25, 0.3) is 0 Å². The van der Waals surface area contributed by atoms with Crippen LogP contribution in [-0.2, 0) is 0 Å². The number of fused-ring (bicyclic) bond motifs is 1. The van der Waals surface area contributed by atoms with Gasteiger partial charge in [0.2, 0.25) is 5.88 Å². The number of benzene rings is 1. The Labute approximate surface area is 108 Å². The fourth-order valence-corrected chi connectivity index (χ4v) is 1.91. The number of carbonyl (C=O) groups excluding carboxylic acids is 1. The van der Waals surface area contributed by atoms with Gasteiger partial charge in [-0.2, -0.15) is 9.78 Å². The molecule has 1 amide bonds. The van der Waals surface area contributed by atoms with Crippen molar-refractivity contribution in [2.45, 2.75) is 0 Å². The first-order chi connectivity index (χ1) is 9.16. The van der Waals surface area contributed by atoms with Crippen molar-refractivity contribution in [1.82, 2.24) is 14.8 Å². The lowest BCUT2D eigenvalue weighted by Crippen LogP contribution is -2.20. The van der Waals surface area contributed by atoms with E-state index in [9.17, 15) is 9.90 Å². The van der Waals surface area contributed by atoms with Gasteiger partial charge in [0, 0.05) is 23.2 Å². The molecule has 0 spiro atoms. The van der Waals surface area contributed by atoms with Crippen LogP contribution in [0.1, 0.15) is 0 Å². The molecule has 0 unspecified atom stereocenters. The van der Waals surface area contributed by atoms with E-state index >= 15 is 0 Å². The van der Waals surface area contributed by atoms with Crippen LogP contribution in [0, 0.1) is 6.07 Å². The van der Waals surface area contributed by atoms with Gasteiger partial charge in [-0.05, 0) is 24.3 Å². The Morgan fingerprint density at radius 1 is 1.37 bits per heavy atom. The van der Waals surface area contributed by atoms with Crippen LogP contribution in [0.3, 0.4) is 0 Å². The van der Waals surface area contributed by atoms with E-state index in [0.29, 0.717) is 16.8 Å². The third kappa shape index (κ3) is 1.79. The van der Waals surface area contributed by atoms with Crippen molar-refractivity contribution in [1.29, 1.82) is 0 Å². The van der Waals surface area contributed by atoms with E-state index in [4.69, 9.17) is 5.73 Å². The summed E-state index contributed by atoms with van der Waals surface area (Å²) in [5, 5.41) is 14.1. The molecular weight excluding hydrogens is 244 g/mol. The number of hydrogen-bond acceptors (Lipinski definition) is 4. The third-order valence-corrected chi connectivity index (χ3v) is 2.75. The van der Waals surface area contributed by atoms with Gasteiger partial charge >= 0.3 is 6.03 Å². The van der Waals surface area contributed by atoms with Crippen molar-refractivity contribution in [2.24, 2.45) is 5.73 Å². The number of primary amides is 1. The Balaban J connectivity index is 2.29. The van der Waals surface area contributed by atoms with Crippen LogP contribution in [0.2, 0.25) is 0 Å². The summed E-state index contributed by atoms with van der Waals surface area (Å²) >= 11 is 0. The van der Waals surface area contributed by atoms with Crippen LogP contribution in [-0.4, -0.2) is 25.9 Å².